The van der Waals surface area contributed by atoms with Gasteiger partial charge in [-0.25, -0.2) is 4.79 Å². The van der Waals surface area contributed by atoms with Gasteiger partial charge in [0.25, 0.3) is 5.78 Å². The van der Waals surface area contributed by atoms with Crippen LogP contribution >= 0.6 is 0 Å². The third-order valence-corrected chi connectivity index (χ3v) is 1.64. The molecule has 0 spiro atoms. The summed E-state index contributed by atoms with van der Waals surface area (Å²) < 4.78 is 0. The minimum Gasteiger partial charge on any atom is -0.475 e. The highest BCUT2D eigenvalue weighted by Crippen LogP contribution is 2.11. The Kier molecular flexibility index (Phi) is 3.17. The average molecular weight is 207 g/mol. The van der Waals surface area contributed by atoms with Crippen molar-refractivity contribution in [3.05, 3.63) is 29.8 Å². The number of hydrogen-bond donors (Lipinski definition) is 2. The number of carboxylic acid groups (broad SMARTS) is 1. The average Bonchev–Trinajstić information content (AvgIpc) is 2.16. The SMILES string of the molecule is CC(=O)Nc1cccc(C(=O)C(=O)O)c1. The van der Waals surface area contributed by atoms with Crippen LogP contribution < -0.4 is 5.32 Å². The van der Waals surface area contributed by atoms with Crippen LogP contribution in [0.2, 0.25) is 0 Å². The van der Waals surface area contributed by atoms with Gasteiger partial charge < -0.3 is 10.4 Å². The van der Waals surface area contributed by atoms with Crippen molar-refractivity contribution in [2.24, 2.45) is 0 Å². The molecule has 1 rings (SSSR count). The van der Waals surface area contributed by atoms with E-state index >= 15 is 0 Å². The van der Waals surface area contributed by atoms with Crippen LogP contribution in [0.5, 0.6) is 0 Å². The molecule has 0 aromatic heterocycles. The van der Waals surface area contributed by atoms with E-state index in [0.29, 0.717) is 5.69 Å². The number of rotatable bonds is 3. The van der Waals surface area contributed by atoms with Gasteiger partial charge in [-0.2, -0.15) is 0 Å². The number of carboxylic acids is 1. The first kappa shape index (κ1) is 10.9. The van der Waals surface area contributed by atoms with Crippen LogP contribution in [-0.2, 0) is 9.59 Å². The number of nitrogens with one attached hydrogen (secondary N) is 1. The van der Waals surface area contributed by atoms with Crippen LogP contribution in [-0.4, -0.2) is 22.8 Å². The molecule has 0 radical (unpaired) electrons. The highest BCUT2D eigenvalue weighted by atomic mass is 16.4. The molecule has 2 N–H and O–H groups in total. The summed E-state index contributed by atoms with van der Waals surface area (Å²) >= 11 is 0. The van der Waals surface area contributed by atoms with Gasteiger partial charge in [-0.15, -0.1) is 0 Å². The second-order valence-electron chi connectivity index (χ2n) is 2.90. The first-order valence-corrected chi connectivity index (χ1v) is 4.16. The van der Waals surface area contributed by atoms with E-state index in [4.69, 9.17) is 5.11 Å². The van der Waals surface area contributed by atoms with Crippen LogP contribution in [0.25, 0.3) is 0 Å². The summed E-state index contributed by atoms with van der Waals surface area (Å²) in [4.78, 5) is 32.2. The first-order valence-electron chi connectivity index (χ1n) is 4.16. The molecule has 5 heteroatoms. The summed E-state index contributed by atoms with van der Waals surface area (Å²) in [5, 5.41) is 10.9. The lowest BCUT2D eigenvalue weighted by Gasteiger charge is -2.02. The molecule has 0 saturated heterocycles. The fourth-order valence-electron chi connectivity index (χ4n) is 1.06. The smallest absolute Gasteiger partial charge is 0.377 e. The highest BCUT2D eigenvalue weighted by molar-refractivity contribution is 6.40. The van der Waals surface area contributed by atoms with Crippen molar-refractivity contribution in [2.75, 3.05) is 5.32 Å². The molecule has 1 amide bonds. The van der Waals surface area contributed by atoms with E-state index in [1.807, 2.05) is 0 Å². The van der Waals surface area contributed by atoms with E-state index in [-0.39, 0.29) is 11.5 Å². The Morgan fingerprint density at radius 2 is 1.93 bits per heavy atom. The van der Waals surface area contributed by atoms with Crippen molar-refractivity contribution < 1.29 is 19.5 Å². The second kappa shape index (κ2) is 4.36. The van der Waals surface area contributed by atoms with Crippen LogP contribution in [0.3, 0.4) is 0 Å². The molecular weight excluding hydrogens is 198 g/mol. The van der Waals surface area contributed by atoms with Gasteiger partial charge in [0.1, 0.15) is 0 Å². The van der Waals surface area contributed by atoms with E-state index in [1.165, 1.54) is 25.1 Å². The van der Waals surface area contributed by atoms with Crippen LogP contribution in [0.4, 0.5) is 5.69 Å². The number of benzene rings is 1. The Balaban J connectivity index is 2.97. The third kappa shape index (κ3) is 2.91. The van der Waals surface area contributed by atoms with Gasteiger partial charge >= 0.3 is 5.97 Å². The van der Waals surface area contributed by atoms with Gasteiger partial charge in [0.05, 0.1) is 0 Å². The number of Topliss-reactive ketones (excluding diaryl/α,β-unsaturated/α-hetero) is 1. The Bertz CT molecular complexity index is 425. The van der Waals surface area contributed by atoms with Crippen molar-refractivity contribution in [3.63, 3.8) is 0 Å². The summed E-state index contributed by atoms with van der Waals surface area (Å²) in [6.45, 7) is 1.33. The predicted molar refractivity (Wildman–Crippen MR) is 52.7 cm³/mol. The summed E-state index contributed by atoms with van der Waals surface area (Å²) in [6.07, 6.45) is 0. The molecule has 78 valence electrons. The normalized spacial score (nSPS) is 9.40. The van der Waals surface area contributed by atoms with E-state index in [2.05, 4.69) is 5.32 Å². The molecule has 0 aliphatic rings. The molecule has 0 saturated carbocycles. The molecule has 5 nitrogen and oxygen atoms in total. The van der Waals surface area contributed by atoms with Crippen LogP contribution in [0.15, 0.2) is 24.3 Å². The molecule has 15 heavy (non-hydrogen) atoms. The summed E-state index contributed by atoms with van der Waals surface area (Å²) in [5.74, 6) is -2.80. The fraction of sp³-hybridized carbons (Fsp3) is 0.100. The number of carbonyl (C=O) groups excluding carboxylic acids is 2. The predicted octanol–water partition coefficient (Wildman–Crippen LogP) is 0.912. The number of amides is 1. The lowest BCUT2D eigenvalue weighted by Crippen LogP contribution is -2.13. The molecule has 0 aliphatic carbocycles. The number of hydrogen-bond acceptors (Lipinski definition) is 3. The van der Waals surface area contributed by atoms with Crippen molar-refractivity contribution in [2.45, 2.75) is 6.92 Å². The molecule has 0 unspecified atom stereocenters. The van der Waals surface area contributed by atoms with E-state index in [1.54, 1.807) is 6.07 Å². The molecule has 0 aliphatic heterocycles. The lowest BCUT2D eigenvalue weighted by atomic mass is 10.1. The van der Waals surface area contributed by atoms with Crippen molar-refractivity contribution in [3.8, 4) is 0 Å². The van der Waals surface area contributed by atoms with Gasteiger partial charge in [-0.05, 0) is 12.1 Å². The Labute approximate surface area is 85.7 Å². The zero-order chi connectivity index (χ0) is 11.4. The molecule has 0 atom stereocenters. The fourth-order valence-corrected chi connectivity index (χ4v) is 1.06. The van der Waals surface area contributed by atoms with Gasteiger partial charge in [0.15, 0.2) is 0 Å². The van der Waals surface area contributed by atoms with Crippen LogP contribution in [0, 0.1) is 0 Å². The van der Waals surface area contributed by atoms with Gasteiger partial charge in [0.2, 0.25) is 5.91 Å². The Morgan fingerprint density at radius 1 is 1.27 bits per heavy atom. The number of carbonyl (C=O) groups is 3. The maximum absolute atomic E-state index is 11.1. The molecule has 1 aromatic carbocycles. The Hall–Kier alpha value is -2.17. The van der Waals surface area contributed by atoms with E-state index in [9.17, 15) is 14.4 Å². The quantitative estimate of drug-likeness (QED) is 0.570. The molecular formula is C10H9NO4. The molecule has 0 heterocycles. The molecule has 0 fully saturated rings. The second-order valence-corrected chi connectivity index (χ2v) is 2.90. The highest BCUT2D eigenvalue weighted by Gasteiger charge is 2.14. The standard InChI is InChI=1S/C10H9NO4/c1-6(12)11-8-4-2-3-7(5-8)9(13)10(14)15/h2-5H,1H3,(H,11,12)(H,14,15). The minimum atomic E-state index is -1.52. The Morgan fingerprint density at radius 3 is 2.47 bits per heavy atom. The van der Waals surface area contributed by atoms with Crippen molar-refractivity contribution in [1.29, 1.82) is 0 Å². The number of anilines is 1. The topological polar surface area (TPSA) is 83.5 Å². The van der Waals surface area contributed by atoms with Gasteiger partial charge in [-0.3, -0.25) is 9.59 Å². The first-order chi connectivity index (χ1) is 7.00. The maximum atomic E-state index is 11.1. The third-order valence-electron chi connectivity index (χ3n) is 1.64. The number of aliphatic carboxylic acids is 1. The molecule has 0 bridgehead atoms. The number of ketones is 1. The minimum absolute atomic E-state index is 0.0359. The summed E-state index contributed by atoms with van der Waals surface area (Å²) in [6, 6.07) is 5.76. The zero-order valence-electron chi connectivity index (χ0n) is 7.98. The molecule has 1 aromatic rings. The summed E-state index contributed by atoms with van der Waals surface area (Å²) in [5.41, 5.74) is 0.434. The van der Waals surface area contributed by atoms with Crippen molar-refractivity contribution >= 4 is 23.3 Å². The van der Waals surface area contributed by atoms with Gasteiger partial charge in [0, 0.05) is 18.2 Å². The van der Waals surface area contributed by atoms with E-state index < -0.39 is 11.8 Å². The van der Waals surface area contributed by atoms with Crippen molar-refractivity contribution in [1.82, 2.24) is 0 Å². The monoisotopic (exact) mass is 207 g/mol. The van der Waals surface area contributed by atoms with E-state index in [0.717, 1.165) is 0 Å². The van der Waals surface area contributed by atoms with Gasteiger partial charge in [-0.1, -0.05) is 12.1 Å². The summed E-state index contributed by atoms with van der Waals surface area (Å²) in [7, 11) is 0. The maximum Gasteiger partial charge on any atom is 0.377 e. The largest absolute Gasteiger partial charge is 0.475 e. The zero-order valence-corrected chi connectivity index (χ0v) is 7.98. The lowest BCUT2D eigenvalue weighted by molar-refractivity contribution is -0.131. The van der Waals surface area contributed by atoms with Crippen LogP contribution in [0.1, 0.15) is 17.3 Å².